The van der Waals surface area contributed by atoms with E-state index >= 15 is 0 Å². The van der Waals surface area contributed by atoms with E-state index in [1.54, 1.807) is 23.5 Å². The van der Waals surface area contributed by atoms with Gasteiger partial charge in [0.2, 0.25) is 0 Å². The third-order valence-corrected chi connectivity index (χ3v) is 4.63. The second-order valence-electron chi connectivity index (χ2n) is 5.14. The number of nitrogens with zero attached hydrogens (tertiary/aromatic N) is 1. The molecule has 0 saturated heterocycles. The number of aromatic nitrogens is 1. The molecule has 2 N–H and O–H groups in total. The molecule has 4 rings (SSSR count). The maximum absolute atomic E-state index is 12.9. The monoisotopic (exact) mass is 304 g/mol. The number of nitrogens with two attached hydrogens (primary N) is 1. The van der Waals surface area contributed by atoms with Gasteiger partial charge in [0, 0.05) is 33.1 Å². The number of hydrogen-bond acceptors (Lipinski definition) is 4. The Morgan fingerprint density at radius 2 is 1.86 bits per heavy atom. The second kappa shape index (κ2) is 4.93. The quantitative estimate of drug-likeness (QED) is 0.540. The fourth-order valence-corrected chi connectivity index (χ4v) is 3.31. The summed E-state index contributed by atoms with van der Waals surface area (Å²) in [6, 6.07) is 15.1. The van der Waals surface area contributed by atoms with Crippen molar-refractivity contribution in [3.8, 4) is 10.4 Å². The molecule has 0 saturated carbocycles. The van der Waals surface area contributed by atoms with Crippen molar-refractivity contribution in [3.63, 3.8) is 0 Å². The first kappa shape index (κ1) is 13.0. The van der Waals surface area contributed by atoms with Crippen LogP contribution in [0.4, 0.5) is 5.69 Å². The minimum atomic E-state index is -0.0341. The van der Waals surface area contributed by atoms with Gasteiger partial charge in [0.1, 0.15) is 0 Å². The van der Waals surface area contributed by atoms with Crippen molar-refractivity contribution in [3.05, 3.63) is 70.3 Å². The van der Waals surface area contributed by atoms with Crippen molar-refractivity contribution in [2.45, 2.75) is 0 Å². The molecule has 4 heteroatoms. The summed E-state index contributed by atoms with van der Waals surface area (Å²) in [6.45, 7) is 0. The summed E-state index contributed by atoms with van der Waals surface area (Å²) in [7, 11) is 0. The lowest BCUT2D eigenvalue weighted by Gasteiger charge is -1.98. The fourth-order valence-electron chi connectivity index (χ4n) is 2.60. The van der Waals surface area contributed by atoms with E-state index in [0.717, 1.165) is 15.8 Å². The summed E-state index contributed by atoms with van der Waals surface area (Å²) in [6.07, 6.45) is 1.81. The molecule has 0 aliphatic carbocycles. The molecular weight excluding hydrogens is 292 g/mol. The van der Waals surface area contributed by atoms with Gasteiger partial charge >= 0.3 is 0 Å². The minimum absolute atomic E-state index is 0.0341. The molecule has 0 radical (unpaired) electrons. The molecular formula is C18H12N2OS. The lowest BCUT2D eigenvalue weighted by molar-refractivity contribution is 1.42. The Bertz CT molecular complexity index is 1060. The Morgan fingerprint density at radius 3 is 2.68 bits per heavy atom. The summed E-state index contributed by atoms with van der Waals surface area (Å²) in [5.41, 5.74) is 8.04. The van der Waals surface area contributed by atoms with E-state index in [2.05, 4.69) is 4.98 Å². The van der Waals surface area contributed by atoms with Crippen LogP contribution in [0.3, 0.4) is 0 Å². The van der Waals surface area contributed by atoms with Gasteiger partial charge in [-0.15, -0.1) is 11.3 Å². The third-order valence-electron chi connectivity index (χ3n) is 3.71. The molecule has 2 heterocycles. The molecule has 22 heavy (non-hydrogen) atoms. The van der Waals surface area contributed by atoms with Gasteiger partial charge in [0.05, 0.1) is 5.52 Å². The zero-order valence-corrected chi connectivity index (χ0v) is 12.4. The van der Waals surface area contributed by atoms with E-state index in [1.165, 1.54) is 0 Å². The second-order valence-corrected chi connectivity index (χ2v) is 6.09. The van der Waals surface area contributed by atoms with E-state index in [9.17, 15) is 4.79 Å². The number of thiophene rings is 1. The summed E-state index contributed by atoms with van der Waals surface area (Å²) in [5, 5.41) is 4.13. The van der Waals surface area contributed by atoms with Gasteiger partial charge in [-0.25, -0.2) is 0 Å². The number of nitrogen functional groups attached to an aromatic ring is 1. The summed E-state index contributed by atoms with van der Waals surface area (Å²) in [5.74, 6) is 0. The highest BCUT2D eigenvalue weighted by Gasteiger charge is 2.07. The topological polar surface area (TPSA) is 56.0 Å². The highest BCUT2D eigenvalue weighted by Crippen LogP contribution is 2.26. The van der Waals surface area contributed by atoms with Gasteiger partial charge in [-0.1, -0.05) is 18.2 Å². The predicted molar refractivity (Wildman–Crippen MR) is 93.2 cm³/mol. The molecule has 106 valence electrons. The molecule has 0 amide bonds. The normalized spacial score (nSPS) is 11.1. The molecule has 0 fully saturated rings. The number of benzene rings is 1. The SMILES string of the molecule is Nc1ccc2ccc3ncc(-c4cccs4)cc3c(=O)c2c1. The number of rotatable bonds is 1. The van der Waals surface area contributed by atoms with Crippen LogP contribution >= 0.6 is 11.3 Å². The van der Waals surface area contributed by atoms with Crippen molar-refractivity contribution in [2.24, 2.45) is 0 Å². The molecule has 0 spiro atoms. The van der Waals surface area contributed by atoms with Crippen LogP contribution in [0.2, 0.25) is 0 Å². The fraction of sp³-hybridized carbons (Fsp3) is 0. The zero-order valence-electron chi connectivity index (χ0n) is 11.6. The van der Waals surface area contributed by atoms with E-state index in [-0.39, 0.29) is 5.43 Å². The molecule has 0 bridgehead atoms. The molecule has 0 aliphatic heterocycles. The van der Waals surface area contributed by atoms with Crippen LogP contribution in [0.5, 0.6) is 0 Å². The van der Waals surface area contributed by atoms with Crippen LogP contribution in [-0.4, -0.2) is 4.98 Å². The number of anilines is 1. The molecule has 4 aromatic rings. The Kier molecular flexibility index (Phi) is 2.91. The maximum atomic E-state index is 12.9. The molecule has 2 aromatic carbocycles. The number of fused-ring (bicyclic) bond motifs is 2. The first-order chi connectivity index (χ1) is 10.7. The van der Waals surface area contributed by atoms with E-state index in [0.29, 0.717) is 22.0 Å². The van der Waals surface area contributed by atoms with Crippen molar-refractivity contribution < 1.29 is 0 Å². The van der Waals surface area contributed by atoms with Gasteiger partial charge in [-0.05, 0) is 41.1 Å². The van der Waals surface area contributed by atoms with Crippen LogP contribution < -0.4 is 11.2 Å². The Balaban J connectivity index is 2.13. The van der Waals surface area contributed by atoms with Crippen LogP contribution in [0.25, 0.3) is 32.1 Å². The molecule has 0 atom stereocenters. The lowest BCUT2D eigenvalue weighted by atomic mass is 10.1. The molecule has 3 nitrogen and oxygen atoms in total. The lowest BCUT2D eigenvalue weighted by Crippen LogP contribution is -2.00. The average molecular weight is 304 g/mol. The van der Waals surface area contributed by atoms with Crippen molar-refractivity contribution >= 4 is 38.7 Å². The Morgan fingerprint density at radius 1 is 1.00 bits per heavy atom. The number of pyridine rings is 1. The van der Waals surface area contributed by atoms with Crippen LogP contribution in [-0.2, 0) is 0 Å². The zero-order chi connectivity index (χ0) is 15.1. The standard InChI is InChI=1S/C18H12N2OS/c19-13-5-3-11-4-6-16-15(18(21)14(11)9-13)8-12(10-20-16)17-2-1-7-22-17/h1-10H,19H2. The van der Waals surface area contributed by atoms with Crippen LogP contribution in [0.1, 0.15) is 0 Å². The molecule has 0 aliphatic rings. The molecule has 2 aromatic heterocycles. The Hall–Kier alpha value is -2.72. The molecule has 0 unspecified atom stereocenters. The van der Waals surface area contributed by atoms with Gasteiger partial charge in [0.25, 0.3) is 0 Å². The summed E-state index contributed by atoms with van der Waals surface area (Å²) >= 11 is 1.63. The van der Waals surface area contributed by atoms with Gasteiger partial charge in [-0.3, -0.25) is 9.78 Å². The van der Waals surface area contributed by atoms with E-state index in [1.807, 2.05) is 48.0 Å². The van der Waals surface area contributed by atoms with Crippen LogP contribution in [0, 0.1) is 0 Å². The first-order valence-electron chi connectivity index (χ1n) is 6.88. The van der Waals surface area contributed by atoms with Crippen molar-refractivity contribution in [2.75, 3.05) is 5.73 Å². The smallest absolute Gasteiger partial charge is 0.195 e. The van der Waals surface area contributed by atoms with Crippen molar-refractivity contribution in [1.82, 2.24) is 4.98 Å². The van der Waals surface area contributed by atoms with Crippen LogP contribution in [0.15, 0.2) is 64.9 Å². The van der Waals surface area contributed by atoms with E-state index in [4.69, 9.17) is 5.73 Å². The highest BCUT2D eigenvalue weighted by molar-refractivity contribution is 7.13. The summed E-state index contributed by atoms with van der Waals surface area (Å²) < 4.78 is 0. The van der Waals surface area contributed by atoms with E-state index < -0.39 is 0 Å². The number of hydrogen-bond donors (Lipinski definition) is 1. The van der Waals surface area contributed by atoms with Gasteiger partial charge in [-0.2, -0.15) is 0 Å². The van der Waals surface area contributed by atoms with Gasteiger partial charge < -0.3 is 5.73 Å². The minimum Gasteiger partial charge on any atom is -0.399 e. The average Bonchev–Trinajstić information content (AvgIpc) is 3.03. The van der Waals surface area contributed by atoms with Gasteiger partial charge in [0.15, 0.2) is 5.43 Å². The Labute approximate surface area is 130 Å². The third kappa shape index (κ3) is 2.05. The predicted octanol–water partition coefficient (Wildman–Crippen LogP) is 4.06. The highest BCUT2D eigenvalue weighted by atomic mass is 32.1. The summed E-state index contributed by atoms with van der Waals surface area (Å²) in [4.78, 5) is 18.4. The largest absolute Gasteiger partial charge is 0.399 e. The first-order valence-corrected chi connectivity index (χ1v) is 7.76. The maximum Gasteiger partial charge on any atom is 0.195 e. The van der Waals surface area contributed by atoms with Crippen molar-refractivity contribution in [1.29, 1.82) is 0 Å².